The predicted octanol–water partition coefficient (Wildman–Crippen LogP) is 3.98. The van der Waals surface area contributed by atoms with Crippen LogP contribution in [-0.4, -0.2) is 37.6 Å². The van der Waals surface area contributed by atoms with Gasteiger partial charge >= 0.3 is 0 Å². The SMILES string of the molecule is COCC1CCN(C(=O)c2ccccc2Oc2ccccc2)CC1. The van der Waals surface area contributed by atoms with Crippen molar-refractivity contribution in [3.05, 3.63) is 60.2 Å². The van der Waals surface area contributed by atoms with Gasteiger partial charge in [-0.2, -0.15) is 0 Å². The number of carbonyl (C=O) groups excluding carboxylic acids is 1. The van der Waals surface area contributed by atoms with Crippen LogP contribution in [0, 0.1) is 5.92 Å². The number of nitrogens with zero attached hydrogens (tertiary/aromatic N) is 1. The lowest BCUT2D eigenvalue weighted by Crippen LogP contribution is -2.39. The highest BCUT2D eigenvalue weighted by Crippen LogP contribution is 2.27. The van der Waals surface area contributed by atoms with Crippen LogP contribution in [0.2, 0.25) is 0 Å². The normalized spacial score (nSPS) is 15.3. The van der Waals surface area contributed by atoms with Crippen LogP contribution >= 0.6 is 0 Å². The molecular weight excluding hydrogens is 302 g/mol. The van der Waals surface area contributed by atoms with Crippen molar-refractivity contribution in [2.75, 3.05) is 26.8 Å². The van der Waals surface area contributed by atoms with E-state index in [9.17, 15) is 4.79 Å². The maximum Gasteiger partial charge on any atom is 0.257 e. The highest BCUT2D eigenvalue weighted by Gasteiger charge is 2.25. The van der Waals surface area contributed by atoms with Gasteiger partial charge in [0, 0.05) is 26.8 Å². The molecule has 0 saturated carbocycles. The van der Waals surface area contributed by atoms with Crippen LogP contribution in [0.1, 0.15) is 23.2 Å². The Balaban J connectivity index is 1.71. The van der Waals surface area contributed by atoms with E-state index >= 15 is 0 Å². The molecule has 0 aromatic heterocycles. The molecule has 126 valence electrons. The third-order valence-electron chi connectivity index (χ3n) is 4.39. The average molecular weight is 325 g/mol. The highest BCUT2D eigenvalue weighted by atomic mass is 16.5. The van der Waals surface area contributed by atoms with Gasteiger partial charge in [0.25, 0.3) is 5.91 Å². The summed E-state index contributed by atoms with van der Waals surface area (Å²) in [6.07, 6.45) is 1.97. The molecule has 0 unspecified atom stereocenters. The van der Waals surface area contributed by atoms with Crippen molar-refractivity contribution in [2.24, 2.45) is 5.92 Å². The first kappa shape index (κ1) is 16.5. The van der Waals surface area contributed by atoms with Crippen LogP contribution in [0.4, 0.5) is 0 Å². The number of ether oxygens (including phenoxy) is 2. The molecule has 4 heteroatoms. The quantitative estimate of drug-likeness (QED) is 0.835. The summed E-state index contributed by atoms with van der Waals surface area (Å²) in [4.78, 5) is 14.8. The Morgan fingerprint density at radius 1 is 1.04 bits per heavy atom. The molecule has 1 fully saturated rings. The number of hydrogen-bond acceptors (Lipinski definition) is 3. The molecule has 0 aliphatic carbocycles. The predicted molar refractivity (Wildman–Crippen MR) is 93.5 cm³/mol. The second kappa shape index (κ2) is 7.97. The van der Waals surface area contributed by atoms with Crippen LogP contribution in [0.5, 0.6) is 11.5 Å². The molecular formula is C20H23NO3. The molecule has 1 saturated heterocycles. The Morgan fingerprint density at radius 2 is 1.71 bits per heavy atom. The summed E-state index contributed by atoms with van der Waals surface area (Å²) in [5.41, 5.74) is 0.617. The number of likely N-dealkylation sites (tertiary alicyclic amines) is 1. The van der Waals surface area contributed by atoms with Crippen molar-refractivity contribution in [3.8, 4) is 11.5 Å². The highest BCUT2D eigenvalue weighted by molar-refractivity contribution is 5.97. The van der Waals surface area contributed by atoms with Crippen LogP contribution in [-0.2, 0) is 4.74 Å². The number of carbonyl (C=O) groups is 1. The van der Waals surface area contributed by atoms with Gasteiger partial charge in [0.1, 0.15) is 11.5 Å². The summed E-state index contributed by atoms with van der Waals surface area (Å²) in [7, 11) is 1.73. The summed E-state index contributed by atoms with van der Waals surface area (Å²) < 4.78 is 11.1. The molecule has 0 bridgehead atoms. The fourth-order valence-corrected chi connectivity index (χ4v) is 3.06. The fraction of sp³-hybridized carbons (Fsp3) is 0.350. The maximum atomic E-state index is 12.9. The molecule has 24 heavy (non-hydrogen) atoms. The number of rotatable bonds is 5. The third kappa shape index (κ3) is 3.95. The summed E-state index contributed by atoms with van der Waals surface area (Å²) in [6.45, 7) is 2.31. The molecule has 0 radical (unpaired) electrons. The van der Waals surface area contributed by atoms with Gasteiger partial charge < -0.3 is 14.4 Å². The minimum atomic E-state index is 0.0393. The topological polar surface area (TPSA) is 38.8 Å². The number of benzene rings is 2. The molecule has 3 rings (SSSR count). The van der Waals surface area contributed by atoms with Gasteiger partial charge in [-0.25, -0.2) is 0 Å². The van der Waals surface area contributed by atoms with Crippen molar-refractivity contribution in [1.82, 2.24) is 4.90 Å². The Bertz CT molecular complexity index is 664. The smallest absolute Gasteiger partial charge is 0.257 e. The molecule has 4 nitrogen and oxygen atoms in total. The van der Waals surface area contributed by atoms with Gasteiger partial charge in [-0.15, -0.1) is 0 Å². The van der Waals surface area contributed by atoms with E-state index < -0.39 is 0 Å². The van der Waals surface area contributed by atoms with E-state index in [0.29, 0.717) is 17.2 Å². The second-order valence-electron chi connectivity index (χ2n) is 6.10. The van der Waals surface area contributed by atoms with Gasteiger partial charge in [-0.3, -0.25) is 4.79 Å². The molecule has 2 aromatic rings. The van der Waals surface area contributed by atoms with E-state index in [-0.39, 0.29) is 5.91 Å². The molecule has 1 heterocycles. The van der Waals surface area contributed by atoms with E-state index in [1.165, 1.54) is 0 Å². The number of amides is 1. The number of methoxy groups -OCH3 is 1. The van der Waals surface area contributed by atoms with E-state index in [4.69, 9.17) is 9.47 Å². The fourth-order valence-electron chi connectivity index (χ4n) is 3.06. The van der Waals surface area contributed by atoms with E-state index in [1.54, 1.807) is 7.11 Å². The largest absolute Gasteiger partial charge is 0.457 e. The average Bonchev–Trinajstić information content (AvgIpc) is 2.63. The summed E-state index contributed by atoms with van der Waals surface area (Å²) in [5.74, 6) is 1.93. The molecule has 1 amide bonds. The second-order valence-corrected chi connectivity index (χ2v) is 6.10. The monoisotopic (exact) mass is 325 g/mol. The maximum absolute atomic E-state index is 12.9. The van der Waals surface area contributed by atoms with E-state index in [1.807, 2.05) is 59.5 Å². The van der Waals surface area contributed by atoms with Crippen LogP contribution < -0.4 is 4.74 Å². The van der Waals surface area contributed by atoms with Crippen molar-refractivity contribution in [2.45, 2.75) is 12.8 Å². The van der Waals surface area contributed by atoms with E-state index in [2.05, 4.69) is 0 Å². The first-order chi connectivity index (χ1) is 11.8. The standard InChI is InChI=1S/C20H23NO3/c1-23-15-16-11-13-21(14-12-16)20(22)18-9-5-6-10-19(18)24-17-7-3-2-4-8-17/h2-10,16H,11-15H2,1H3. The minimum Gasteiger partial charge on any atom is -0.457 e. The zero-order valence-electron chi connectivity index (χ0n) is 14.0. The van der Waals surface area contributed by atoms with Crippen molar-refractivity contribution < 1.29 is 14.3 Å². The van der Waals surface area contributed by atoms with Gasteiger partial charge in [0.2, 0.25) is 0 Å². The Morgan fingerprint density at radius 3 is 2.42 bits per heavy atom. The molecule has 0 N–H and O–H groups in total. The van der Waals surface area contributed by atoms with Gasteiger partial charge in [0.15, 0.2) is 0 Å². The lowest BCUT2D eigenvalue weighted by Gasteiger charge is -2.32. The van der Waals surface area contributed by atoms with Crippen molar-refractivity contribution in [3.63, 3.8) is 0 Å². The van der Waals surface area contributed by atoms with Crippen molar-refractivity contribution in [1.29, 1.82) is 0 Å². The van der Waals surface area contributed by atoms with Crippen LogP contribution in [0.15, 0.2) is 54.6 Å². The molecule has 1 aliphatic rings. The summed E-state index contributed by atoms with van der Waals surface area (Å²) in [5, 5.41) is 0. The number of piperidine rings is 1. The molecule has 2 aromatic carbocycles. The van der Waals surface area contributed by atoms with Gasteiger partial charge in [0.05, 0.1) is 5.56 Å². The number of para-hydroxylation sites is 2. The third-order valence-corrected chi connectivity index (χ3v) is 4.39. The zero-order valence-corrected chi connectivity index (χ0v) is 14.0. The Hall–Kier alpha value is -2.33. The Kier molecular flexibility index (Phi) is 5.49. The van der Waals surface area contributed by atoms with E-state index in [0.717, 1.165) is 38.3 Å². The minimum absolute atomic E-state index is 0.0393. The van der Waals surface area contributed by atoms with Gasteiger partial charge in [-0.1, -0.05) is 30.3 Å². The first-order valence-corrected chi connectivity index (χ1v) is 8.38. The molecule has 0 spiro atoms. The zero-order chi connectivity index (χ0) is 16.8. The lowest BCUT2D eigenvalue weighted by molar-refractivity contribution is 0.0611. The van der Waals surface area contributed by atoms with Crippen molar-refractivity contribution >= 4 is 5.91 Å². The Labute approximate surface area is 143 Å². The molecule has 0 atom stereocenters. The van der Waals surface area contributed by atoms with Crippen LogP contribution in [0.25, 0.3) is 0 Å². The summed E-state index contributed by atoms with van der Waals surface area (Å²) >= 11 is 0. The molecule has 1 aliphatic heterocycles. The lowest BCUT2D eigenvalue weighted by atomic mass is 9.97. The number of hydrogen-bond donors (Lipinski definition) is 0. The van der Waals surface area contributed by atoms with Crippen LogP contribution in [0.3, 0.4) is 0 Å². The summed E-state index contributed by atoms with van der Waals surface area (Å²) in [6, 6.07) is 17.0. The van der Waals surface area contributed by atoms with Gasteiger partial charge in [-0.05, 0) is 43.0 Å². The first-order valence-electron chi connectivity index (χ1n) is 8.38.